The average molecular weight is 290 g/mol. The molecule has 3 heterocycles. The molecule has 0 aliphatic heterocycles. The molecule has 0 aromatic carbocycles. The summed E-state index contributed by atoms with van der Waals surface area (Å²) in [5.74, 6) is 1.19. The number of aryl methyl sites for hydroxylation is 1. The lowest BCUT2D eigenvalue weighted by Gasteiger charge is -1.98. The van der Waals surface area contributed by atoms with Crippen molar-refractivity contribution in [1.82, 2.24) is 25.4 Å². The molecule has 1 amide bonds. The number of amides is 1. The second kappa shape index (κ2) is 5.21. The first kappa shape index (κ1) is 12.5. The Labute approximate surface area is 117 Å². The summed E-state index contributed by atoms with van der Waals surface area (Å²) in [5.41, 5.74) is 0.883. The van der Waals surface area contributed by atoms with Crippen LogP contribution in [0.5, 0.6) is 0 Å². The fourth-order valence-electron chi connectivity index (χ4n) is 1.55. The minimum atomic E-state index is -0.299. The molecule has 3 rings (SSSR count). The van der Waals surface area contributed by atoms with E-state index in [1.807, 2.05) is 16.8 Å². The van der Waals surface area contributed by atoms with Crippen molar-refractivity contribution in [3.8, 4) is 11.4 Å². The fourth-order valence-corrected chi connectivity index (χ4v) is 2.19. The third-order valence-electron chi connectivity index (χ3n) is 2.41. The molecule has 0 spiro atoms. The molecule has 3 aromatic rings. The van der Waals surface area contributed by atoms with Gasteiger partial charge in [-0.3, -0.25) is 4.79 Å². The zero-order valence-corrected chi connectivity index (χ0v) is 11.3. The Balaban J connectivity index is 1.64. The number of carbonyl (C=O) groups is 1. The topological polar surface area (TPSA) is 98.7 Å². The van der Waals surface area contributed by atoms with Gasteiger partial charge >= 0.3 is 0 Å². The van der Waals surface area contributed by atoms with Crippen molar-refractivity contribution in [3.05, 3.63) is 28.7 Å². The van der Waals surface area contributed by atoms with Crippen molar-refractivity contribution in [1.29, 1.82) is 0 Å². The van der Waals surface area contributed by atoms with Crippen LogP contribution >= 0.6 is 11.3 Å². The molecule has 0 fully saturated rings. The molecule has 0 radical (unpaired) electrons. The second-order valence-corrected chi connectivity index (χ2v) is 4.81. The lowest BCUT2D eigenvalue weighted by molar-refractivity contribution is -0.117. The number of carbonyl (C=O) groups excluding carboxylic acids is 1. The molecule has 20 heavy (non-hydrogen) atoms. The Bertz CT molecular complexity index is 717. The van der Waals surface area contributed by atoms with Crippen molar-refractivity contribution in [2.24, 2.45) is 0 Å². The first-order valence-corrected chi connectivity index (χ1v) is 6.68. The molecule has 0 unspecified atom stereocenters. The van der Waals surface area contributed by atoms with Gasteiger partial charge in [-0.15, -0.1) is 10.2 Å². The maximum Gasteiger partial charge on any atom is 0.249 e. The molecule has 0 aliphatic rings. The summed E-state index contributed by atoms with van der Waals surface area (Å²) in [6.07, 6.45) is 0. The highest BCUT2D eigenvalue weighted by Gasteiger charge is 2.11. The van der Waals surface area contributed by atoms with Gasteiger partial charge in [0, 0.05) is 17.0 Å². The molecule has 102 valence electrons. The van der Waals surface area contributed by atoms with Crippen LogP contribution in [0.15, 0.2) is 27.4 Å². The number of hydrogen-bond donors (Lipinski definition) is 1. The SMILES string of the molecule is Cc1cc(NC(=O)Cn2nnc(-c3ccsc3)n2)no1. The van der Waals surface area contributed by atoms with E-state index in [-0.39, 0.29) is 12.5 Å². The van der Waals surface area contributed by atoms with Crippen LogP contribution in [0.3, 0.4) is 0 Å². The average Bonchev–Trinajstić information content (AvgIpc) is 3.10. The summed E-state index contributed by atoms with van der Waals surface area (Å²) < 4.78 is 4.85. The predicted octanol–water partition coefficient (Wildman–Crippen LogP) is 1.34. The quantitative estimate of drug-likeness (QED) is 0.778. The third kappa shape index (κ3) is 2.72. The summed E-state index contributed by atoms with van der Waals surface area (Å²) in [4.78, 5) is 13.0. The maximum absolute atomic E-state index is 11.8. The monoisotopic (exact) mass is 290 g/mol. The van der Waals surface area contributed by atoms with E-state index in [0.29, 0.717) is 17.4 Å². The lowest BCUT2D eigenvalue weighted by Crippen LogP contribution is -2.20. The van der Waals surface area contributed by atoms with Gasteiger partial charge in [0.2, 0.25) is 11.7 Å². The Morgan fingerprint density at radius 2 is 2.45 bits per heavy atom. The zero-order chi connectivity index (χ0) is 13.9. The first-order valence-electron chi connectivity index (χ1n) is 5.74. The largest absolute Gasteiger partial charge is 0.360 e. The molecular weight excluding hydrogens is 280 g/mol. The number of hydrogen-bond acceptors (Lipinski definition) is 7. The zero-order valence-electron chi connectivity index (χ0n) is 10.5. The molecule has 0 saturated carbocycles. The number of nitrogens with one attached hydrogen (secondary N) is 1. The highest BCUT2D eigenvalue weighted by Crippen LogP contribution is 2.16. The van der Waals surface area contributed by atoms with Crippen molar-refractivity contribution in [2.45, 2.75) is 13.5 Å². The second-order valence-electron chi connectivity index (χ2n) is 4.03. The summed E-state index contributed by atoms with van der Waals surface area (Å²) in [6, 6.07) is 3.52. The number of thiophene rings is 1. The standard InChI is InChI=1S/C11H10N6O2S/c1-7-4-9(15-19-7)12-10(18)5-17-14-11(13-16-17)8-2-3-20-6-8/h2-4,6H,5H2,1H3,(H,12,15,18). The Hall–Kier alpha value is -2.55. The van der Waals surface area contributed by atoms with E-state index < -0.39 is 0 Å². The van der Waals surface area contributed by atoms with E-state index in [1.165, 1.54) is 4.80 Å². The minimum Gasteiger partial charge on any atom is -0.360 e. The minimum absolute atomic E-state index is 0.0386. The summed E-state index contributed by atoms with van der Waals surface area (Å²) >= 11 is 1.55. The molecule has 1 N–H and O–H groups in total. The number of nitrogens with zero attached hydrogens (tertiary/aromatic N) is 5. The van der Waals surface area contributed by atoms with Crippen LogP contribution < -0.4 is 5.32 Å². The highest BCUT2D eigenvalue weighted by molar-refractivity contribution is 7.08. The number of rotatable bonds is 4. The van der Waals surface area contributed by atoms with E-state index in [4.69, 9.17) is 4.52 Å². The summed E-state index contributed by atoms with van der Waals surface area (Å²) in [7, 11) is 0. The van der Waals surface area contributed by atoms with Gasteiger partial charge in [0.15, 0.2) is 5.82 Å². The van der Waals surface area contributed by atoms with Crippen LogP contribution in [-0.4, -0.2) is 31.3 Å². The molecule has 0 aliphatic carbocycles. The van der Waals surface area contributed by atoms with Crippen LogP contribution in [0.4, 0.5) is 5.82 Å². The van der Waals surface area contributed by atoms with Gasteiger partial charge in [0.05, 0.1) is 0 Å². The molecule has 3 aromatic heterocycles. The van der Waals surface area contributed by atoms with Crippen LogP contribution in [0.2, 0.25) is 0 Å². The normalized spacial score (nSPS) is 10.7. The van der Waals surface area contributed by atoms with Crippen LogP contribution in [0.25, 0.3) is 11.4 Å². The highest BCUT2D eigenvalue weighted by atomic mass is 32.1. The van der Waals surface area contributed by atoms with Crippen LogP contribution in [0, 0.1) is 6.92 Å². The number of tetrazole rings is 1. The Morgan fingerprint density at radius 1 is 1.55 bits per heavy atom. The van der Waals surface area contributed by atoms with Crippen molar-refractivity contribution < 1.29 is 9.32 Å². The molecular formula is C11H10N6O2S. The van der Waals surface area contributed by atoms with E-state index >= 15 is 0 Å². The smallest absolute Gasteiger partial charge is 0.249 e. The van der Waals surface area contributed by atoms with E-state index in [2.05, 4.69) is 25.9 Å². The molecule has 8 nitrogen and oxygen atoms in total. The van der Waals surface area contributed by atoms with Crippen LogP contribution in [-0.2, 0) is 11.3 Å². The van der Waals surface area contributed by atoms with Crippen molar-refractivity contribution in [3.63, 3.8) is 0 Å². The predicted molar refractivity (Wildman–Crippen MR) is 71.0 cm³/mol. The molecule has 0 bridgehead atoms. The van der Waals surface area contributed by atoms with Gasteiger partial charge in [-0.2, -0.15) is 16.1 Å². The first-order chi connectivity index (χ1) is 9.70. The third-order valence-corrected chi connectivity index (χ3v) is 3.10. The maximum atomic E-state index is 11.8. The van der Waals surface area contributed by atoms with E-state index in [9.17, 15) is 4.79 Å². The van der Waals surface area contributed by atoms with Gasteiger partial charge in [-0.05, 0) is 23.6 Å². The van der Waals surface area contributed by atoms with Gasteiger partial charge in [-0.1, -0.05) is 5.16 Å². The lowest BCUT2D eigenvalue weighted by atomic mass is 10.3. The van der Waals surface area contributed by atoms with E-state index in [0.717, 1.165) is 5.56 Å². The molecule has 0 saturated heterocycles. The summed E-state index contributed by atoms with van der Waals surface area (Å²) in [6.45, 7) is 1.71. The van der Waals surface area contributed by atoms with Crippen molar-refractivity contribution >= 4 is 23.1 Å². The van der Waals surface area contributed by atoms with E-state index in [1.54, 1.807) is 24.3 Å². The van der Waals surface area contributed by atoms with Crippen LogP contribution in [0.1, 0.15) is 5.76 Å². The van der Waals surface area contributed by atoms with Crippen molar-refractivity contribution in [2.75, 3.05) is 5.32 Å². The summed E-state index contributed by atoms with van der Waals surface area (Å²) in [5, 5.41) is 22.0. The molecule has 0 atom stereocenters. The fraction of sp³-hybridized carbons (Fsp3) is 0.182. The van der Waals surface area contributed by atoms with Gasteiger partial charge < -0.3 is 9.84 Å². The Morgan fingerprint density at radius 3 is 3.15 bits per heavy atom. The molecule has 9 heteroatoms. The van der Waals surface area contributed by atoms with Gasteiger partial charge in [0.25, 0.3) is 0 Å². The van der Waals surface area contributed by atoms with Gasteiger partial charge in [0.1, 0.15) is 12.3 Å². The number of aromatic nitrogens is 5. The number of anilines is 1. The Kier molecular flexibility index (Phi) is 3.25. The van der Waals surface area contributed by atoms with Gasteiger partial charge in [-0.25, -0.2) is 0 Å².